The van der Waals surface area contributed by atoms with Crippen LogP contribution in [0.2, 0.25) is 0 Å². The lowest BCUT2D eigenvalue weighted by atomic mass is 10.3. The molecule has 0 radical (unpaired) electrons. The SMILES string of the molecule is NC(=O)c1nc2c(N)cccc2[nH]1. The van der Waals surface area contributed by atoms with Crippen LogP contribution < -0.4 is 11.5 Å². The Morgan fingerprint density at radius 3 is 2.85 bits per heavy atom. The molecule has 0 bridgehead atoms. The highest BCUT2D eigenvalue weighted by Gasteiger charge is 2.08. The number of nitrogens with one attached hydrogen (secondary N) is 1. The molecule has 0 saturated heterocycles. The number of rotatable bonds is 1. The van der Waals surface area contributed by atoms with E-state index < -0.39 is 5.91 Å². The number of hydrogen-bond acceptors (Lipinski definition) is 3. The number of carbonyl (C=O) groups excluding carboxylic acids is 1. The number of nitrogens with zero attached hydrogens (tertiary/aromatic N) is 1. The van der Waals surface area contributed by atoms with Gasteiger partial charge in [-0.2, -0.15) is 0 Å². The molecule has 5 N–H and O–H groups in total. The third-order valence-corrected chi connectivity index (χ3v) is 1.78. The summed E-state index contributed by atoms with van der Waals surface area (Å²) < 4.78 is 0. The molecule has 0 aliphatic heterocycles. The third-order valence-electron chi connectivity index (χ3n) is 1.78. The fraction of sp³-hybridized carbons (Fsp3) is 0. The van der Waals surface area contributed by atoms with E-state index in [0.717, 1.165) is 0 Å². The van der Waals surface area contributed by atoms with Crippen LogP contribution >= 0.6 is 0 Å². The summed E-state index contributed by atoms with van der Waals surface area (Å²) in [7, 11) is 0. The lowest BCUT2D eigenvalue weighted by molar-refractivity contribution is 0.0991. The first-order valence-corrected chi connectivity index (χ1v) is 3.72. The van der Waals surface area contributed by atoms with Gasteiger partial charge in [0.15, 0.2) is 5.82 Å². The Labute approximate surface area is 73.7 Å². The molecule has 2 rings (SSSR count). The number of aromatic amines is 1. The Hall–Kier alpha value is -2.04. The Morgan fingerprint density at radius 1 is 1.46 bits per heavy atom. The molecule has 0 unspecified atom stereocenters. The van der Waals surface area contributed by atoms with Crippen molar-refractivity contribution in [2.45, 2.75) is 0 Å². The summed E-state index contributed by atoms with van der Waals surface area (Å²) in [6.45, 7) is 0. The van der Waals surface area contributed by atoms with Crippen molar-refractivity contribution in [3.63, 3.8) is 0 Å². The van der Waals surface area contributed by atoms with E-state index in [0.29, 0.717) is 16.7 Å². The second-order valence-electron chi connectivity index (χ2n) is 2.69. The van der Waals surface area contributed by atoms with Gasteiger partial charge in [-0.25, -0.2) is 4.98 Å². The summed E-state index contributed by atoms with van der Waals surface area (Å²) in [6, 6.07) is 5.28. The van der Waals surface area contributed by atoms with Crippen molar-refractivity contribution in [2.24, 2.45) is 5.73 Å². The number of aromatic nitrogens is 2. The molecule has 66 valence electrons. The van der Waals surface area contributed by atoms with Crippen LogP contribution in [0.1, 0.15) is 10.6 Å². The highest BCUT2D eigenvalue weighted by atomic mass is 16.1. The fourth-order valence-electron chi connectivity index (χ4n) is 1.17. The molecule has 0 aliphatic rings. The van der Waals surface area contributed by atoms with E-state index in [1.54, 1.807) is 18.2 Å². The van der Waals surface area contributed by atoms with E-state index in [1.807, 2.05) is 0 Å². The van der Waals surface area contributed by atoms with E-state index in [2.05, 4.69) is 9.97 Å². The molecule has 0 saturated carbocycles. The normalized spacial score (nSPS) is 10.5. The Morgan fingerprint density at radius 2 is 2.23 bits per heavy atom. The highest BCUT2D eigenvalue weighted by molar-refractivity contribution is 5.95. The van der Waals surface area contributed by atoms with Gasteiger partial charge in [0.25, 0.3) is 5.91 Å². The summed E-state index contributed by atoms with van der Waals surface area (Å²) in [5, 5.41) is 0. The summed E-state index contributed by atoms with van der Waals surface area (Å²) in [6.07, 6.45) is 0. The third kappa shape index (κ3) is 1.10. The number of hydrogen-bond donors (Lipinski definition) is 3. The minimum absolute atomic E-state index is 0.132. The van der Waals surface area contributed by atoms with Gasteiger partial charge in [-0.05, 0) is 12.1 Å². The summed E-state index contributed by atoms with van der Waals surface area (Å²) in [4.78, 5) is 17.5. The summed E-state index contributed by atoms with van der Waals surface area (Å²) >= 11 is 0. The number of anilines is 1. The van der Waals surface area contributed by atoms with Crippen molar-refractivity contribution >= 4 is 22.6 Å². The molecule has 0 fully saturated rings. The largest absolute Gasteiger partial charge is 0.397 e. The quantitative estimate of drug-likeness (QED) is 0.543. The topological polar surface area (TPSA) is 97.8 Å². The number of imidazole rings is 1. The number of benzene rings is 1. The minimum Gasteiger partial charge on any atom is -0.397 e. The van der Waals surface area contributed by atoms with Crippen LogP contribution in [-0.4, -0.2) is 15.9 Å². The van der Waals surface area contributed by atoms with Crippen LogP contribution in [0.25, 0.3) is 11.0 Å². The van der Waals surface area contributed by atoms with Gasteiger partial charge in [0.2, 0.25) is 0 Å². The Bertz CT molecular complexity index is 474. The number of para-hydroxylation sites is 1. The molecule has 2 aromatic rings. The summed E-state index contributed by atoms with van der Waals surface area (Å²) in [5.41, 5.74) is 12.5. The zero-order valence-electron chi connectivity index (χ0n) is 6.74. The maximum atomic E-state index is 10.8. The maximum absolute atomic E-state index is 10.8. The van der Waals surface area contributed by atoms with Crippen LogP contribution in [0.5, 0.6) is 0 Å². The average Bonchev–Trinajstić information content (AvgIpc) is 2.49. The van der Waals surface area contributed by atoms with Gasteiger partial charge in [-0.15, -0.1) is 0 Å². The standard InChI is InChI=1S/C8H8N4O/c9-4-2-1-3-5-6(4)12-8(11-5)7(10)13/h1-3H,9H2,(H2,10,13)(H,11,12). The van der Waals surface area contributed by atoms with Gasteiger partial charge in [-0.1, -0.05) is 6.07 Å². The number of nitrogens with two attached hydrogens (primary N) is 2. The van der Waals surface area contributed by atoms with Gasteiger partial charge in [0, 0.05) is 0 Å². The highest BCUT2D eigenvalue weighted by Crippen LogP contribution is 2.17. The smallest absolute Gasteiger partial charge is 0.284 e. The predicted molar refractivity (Wildman–Crippen MR) is 49.0 cm³/mol. The summed E-state index contributed by atoms with van der Waals surface area (Å²) in [5.74, 6) is -0.455. The molecule has 13 heavy (non-hydrogen) atoms. The van der Waals surface area contributed by atoms with Crippen LogP contribution in [0.15, 0.2) is 18.2 Å². The minimum atomic E-state index is -0.587. The average molecular weight is 176 g/mol. The number of H-pyrrole nitrogens is 1. The van der Waals surface area contributed by atoms with Crippen LogP contribution in [-0.2, 0) is 0 Å². The van der Waals surface area contributed by atoms with Crippen molar-refractivity contribution in [1.29, 1.82) is 0 Å². The van der Waals surface area contributed by atoms with Crippen molar-refractivity contribution in [2.75, 3.05) is 5.73 Å². The van der Waals surface area contributed by atoms with Gasteiger partial charge < -0.3 is 16.5 Å². The first-order chi connectivity index (χ1) is 6.18. The molecule has 1 amide bonds. The van der Waals surface area contributed by atoms with Crippen molar-refractivity contribution < 1.29 is 4.79 Å². The molecule has 5 heteroatoms. The maximum Gasteiger partial charge on any atom is 0.284 e. The molecular formula is C8H8N4O. The zero-order chi connectivity index (χ0) is 9.42. The van der Waals surface area contributed by atoms with E-state index in [9.17, 15) is 4.79 Å². The van der Waals surface area contributed by atoms with Gasteiger partial charge in [0.05, 0.1) is 11.2 Å². The van der Waals surface area contributed by atoms with E-state index in [4.69, 9.17) is 11.5 Å². The monoisotopic (exact) mass is 176 g/mol. The number of carbonyl (C=O) groups is 1. The first-order valence-electron chi connectivity index (χ1n) is 3.72. The Kier molecular flexibility index (Phi) is 1.45. The number of primary amides is 1. The van der Waals surface area contributed by atoms with Crippen molar-refractivity contribution in [1.82, 2.24) is 9.97 Å². The molecule has 5 nitrogen and oxygen atoms in total. The van der Waals surface area contributed by atoms with Gasteiger partial charge in [-0.3, -0.25) is 4.79 Å². The number of fused-ring (bicyclic) bond motifs is 1. The molecular weight excluding hydrogens is 168 g/mol. The number of amides is 1. The van der Waals surface area contributed by atoms with Crippen molar-refractivity contribution in [3.05, 3.63) is 24.0 Å². The molecule has 1 heterocycles. The van der Waals surface area contributed by atoms with E-state index in [1.165, 1.54) is 0 Å². The second kappa shape index (κ2) is 2.48. The molecule has 0 aliphatic carbocycles. The fourth-order valence-corrected chi connectivity index (χ4v) is 1.17. The van der Waals surface area contributed by atoms with Gasteiger partial charge >= 0.3 is 0 Å². The van der Waals surface area contributed by atoms with Crippen LogP contribution in [0, 0.1) is 0 Å². The van der Waals surface area contributed by atoms with Crippen molar-refractivity contribution in [3.8, 4) is 0 Å². The lowest BCUT2D eigenvalue weighted by Crippen LogP contribution is -2.12. The molecule has 1 aromatic heterocycles. The van der Waals surface area contributed by atoms with E-state index >= 15 is 0 Å². The van der Waals surface area contributed by atoms with E-state index in [-0.39, 0.29) is 5.82 Å². The molecule has 1 aromatic carbocycles. The molecule has 0 spiro atoms. The second-order valence-corrected chi connectivity index (χ2v) is 2.69. The molecule has 0 atom stereocenters. The lowest BCUT2D eigenvalue weighted by Gasteiger charge is -1.90. The first kappa shape index (κ1) is 7.60. The number of nitrogen functional groups attached to an aromatic ring is 1. The van der Waals surface area contributed by atoms with Crippen LogP contribution in [0.3, 0.4) is 0 Å². The van der Waals surface area contributed by atoms with Crippen LogP contribution in [0.4, 0.5) is 5.69 Å². The predicted octanol–water partition coefficient (Wildman–Crippen LogP) is 0.244. The van der Waals surface area contributed by atoms with Gasteiger partial charge in [0.1, 0.15) is 5.52 Å². The Balaban J connectivity index is 2.75. The zero-order valence-corrected chi connectivity index (χ0v) is 6.74.